The van der Waals surface area contributed by atoms with Gasteiger partial charge >= 0.3 is 0 Å². The summed E-state index contributed by atoms with van der Waals surface area (Å²) in [6.45, 7) is 0. The highest BCUT2D eigenvalue weighted by atomic mass is 32.1. The molecule has 2 unspecified atom stereocenters. The molecule has 0 amide bonds. The summed E-state index contributed by atoms with van der Waals surface area (Å²) < 4.78 is 0.640. The van der Waals surface area contributed by atoms with Crippen molar-refractivity contribution in [2.24, 2.45) is 11.0 Å². The fourth-order valence-electron chi connectivity index (χ4n) is 2.78. The largest absolute Gasteiger partial charge is 0.456 e. The van der Waals surface area contributed by atoms with Crippen molar-refractivity contribution in [3.05, 3.63) is 22.5 Å². The van der Waals surface area contributed by atoms with Crippen LogP contribution in [0.3, 0.4) is 0 Å². The van der Waals surface area contributed by atoms with E-state index in [0.29, 0.717) is 4.41 Å². The zero-order chi connectivity index (χ0) is 11.1. The van der Waals surface area contributed by atoms with Gasteiger partial charge < -0.3 is 18.1 Å². The highest BCUT2D eigenvalue weighted by Crippen LogP contribution is 2.41. The lowest BCUT2D eigenvalue weighted by atomic mass is 9.88. The van der Waals surface area contributed by atoms with Gasteiger partial charge in [0.15, 0.2) is 5.70 Å². The second kappa shape index (κ2) is 3.65. The van der Waals surface area contributed by atoms with Crippen molar-refractivity contribution in [1.82, 2.24) is 5.32 Å². The van der Waals surface area contributed by atoms with E-state index in [9.17, 15) is 5.26 Å². The number of hydrogen-bond acceptors (Lipinski definition) is 4. The van der Waals surface area contributed by atoms with E-state index in [1.807, 2.05) is 0 Å². The standard InChI is InChI=1S/C11H12N4S/c12-5-9-7-3-1-2-4-8(7)11-10(9)13-6-14-15(11)16/h6,9,15H,1-4H2,(H,13,14). The number of nitrogens with one attached hydrogen (secondary N) is 2. The lowest BCUT2D eigenvalue weighted by Crippen LogP contribution is -3.01. The van der Waals surface area contributed by atoms with Crippen LogP contribution < -0.4 is 9.73 Å². The molecular formula is C11H12N4S. The second-order valence-electron chi connectivity index (χ2n) is 4.27. The first-order chi connectivity index (χ1) is 7.83. The van der Waals surface area contributed by atoms with Crippen molar-refractivity contribution in [3.8, 4) is 6.07 Å². The van der Waals surface area contributed by atoms with Gasteiger partial charge in [-0.15, -0.1) is 0 Å². The van der Waals surface area contributed by atoms with Crippen LogP contribution in [0.1, 0.15) is 25.7 Å². The van der Waals surface area contributed by atoms with Crippen molar-refractivity contribution in [3.63, 3.8) is 0 Å². The van der Waals surface area contributed by atoms with Gasteiger partial charge in [-0.05, 0) is 31.3 Å². The molecule has 3 rings (SSSR count). The molecule has 0 bridgehead atoms. The van der Waals surface area contributed by atoms with Gasteiger partial charge in [0.1, 0.15) is 18.0 Å². The smallest absolute Gasteiger partial charge is 0.163 e. The van der Waals surface area contributed by atoms with Crippen LogP contribution in [0.15, 0.2) is 27.6 Å². The number of fused-ring (bicyclic) bond motifs is 1. The van der Waals surface area contributed by atoms with Crippen LogP contribution in [0.2, 0.25) is 0 Å². The van der Waals surface area contributed by atoms with Crippen LogP contribution in [0, 0.1) is 17.2 Å². The third-order valence-corrected chi connectivity index (χ3v) is 3.77. The van der Waals surface area contributed by atoms with Gasteiger partial charge in [-0.25, -0.2) is 0 Å². The average Bonchev–Trinajstić information content (AvgIpc) is 2.64. The van der Waals surface area contributed by atoms with Gasteiger partial charge in [-0.2, -0.15) is 5.26 Å². The van der Waals surface area contributed by atoms with Crippen LogP contribution in [0.25, 0.3) is 0 Å². The Morgan fingerprint density at radius 1 is 1.50 bits per heavy atom. The fourth-order valence-corrected chi connectivity index (χ4v) is 3.07. The summed E-state index contributed by atoms with van der Waals surface area (Å²) in [5.41, 5.74) is 4.58. The maximum atomic E-state index is 9.28. The predicted molar refractivity (Wildman–Crippen MR) is 61.6 cm³/mol. The minimum atomic E-state index is -0.116. The molecule has 2 atom stereocenters. The van der Waals surface area contributed by atoms with Crippen molar-refractivity contribution in [1.29, 1.82) is 5.26 Å². The monoisotopic (exact) mass is 232 g/mol. The molecule has 82 valence electrons. The topological polar surface area (TPSA) is 52.6 Å². The van der Waals surface area contributed by atoms with Gasteiger partial charge in [0.25, 0.3) is 0 Å². The molecule has 1 aliphatic heterocycles. The molecule has 0 fully saturated rings. The molecule has 2 N–H and O–H groups in total. The quantitative estimate of drug-likeness (QED) is 0.583. The van der Waals surface area contributed by atoms with E-state index in [-0.39, 0.29) is 5.92 Å². The van der Waals surface area contributed by atoms with Crippen LogP contribution in [-0.2, 0) is 12.8 Å². The van der Waals surface area contributed by atoms with Crippen molar-refractivity contribution in [2.45, 2.75) is 25.7 Å². The third kappa shape index (κ3) is 1.24. The SMILES string of the molecule is N#CC1C2=C(CCCC2)C2=C1NC=N[NH+]2[S-]. The molecule has 1 heterocycles. The normalized spacial score (nSPS) is 32.0. The fraction of sp³-hybridized carbons (Fsp3) is 0.455. The maximum absolute atomic E-state index is 9.28. The van der Waals surface area contributed by atoms with E-state index in [1.165, 1.54) is 24.0 Å². The third-order valence-electron chi connectivity index (χ3n) is 3.46. The Morgan fingerprint density at radius 3 is 3.12 bits per heavy atom. The summed E-state index contributed by atoms with van der Waals surface area (Å²) in [4.78, 5) is 0. The maximum Gasteiger partial charge on any atom is 0.163 e. The molecule has 0 saturated heterocycles. The lowest BCUT2D eigenvalue weighted by molar-refractivity contribution is -0.714. The molecule has 16 heavy (non-hydrogen) atoms. The number of allylic oxidation sites excluding steroid dienone is 2. The Balaban J connectivity index is 2.10. The number of hydrogen-bond donors (Lipinski definition) is 2. The Kier molecular flexibility index (Phi) is 2.27. The van der Waals surface area contributed by atoms with E-state index < -0.39 is 0 Å². The average molecular weight is 232 g/mol. The molecule has 0 aromatic heterocycles. The first-order valence-electron chi connectivity index (χ1n) is 5.52. The number of nitriles is 1. The Labute approximate surface area is 99.9 Å². The van der Waals surface area contributed by atoms with E-state index in [0.717, 1.165) is 24.2 Å². The molecule has 4 nitrogen and oxygen atoms in total. The Bertz CT molecular complexity index is 469. The summed E-state index contributed by atoms with van der Waals surface area (Å²) in [5, 5.41) is 16.5. The van der Waals surface area contributed by atoms with E-state index in [1.54, 1.807) is 6.34 Å². The van der Waals surface area contributed by atoms with Gasteiger partial charge in [0.2, 0.25) is 0 Å². The van der Waals surface area contributed by atoms with Crippen LogP contribution in [-0.4, -0.2) is 6.34 Å². The molecule has 0 saturated carbocycles. The first kappa shape index (κ1) is 9.94. The summed E-state index contributed by atoms with van der Waals surface area (Å²) in [6.07, 6.45) is 6.06. The molecule has 0 aromatic rings. The summed E-state index contributed by atoms with van der Waals surface area (Å²) >= 11 is 5.27. The molecule has 0 aromatic carbocycles. The molecule has 5 heteroatoms. The zero-order valence-electron chi connectivity index (χ0n) is 8.79. The number of nitrogens with zero attached hydrogens (tertiary/aromatic N) is 2. The molecule has 2 aliphatic carbocycles. The molecule has 3 aliphatic rings. The highest BCUT2D eigenvalue weighted by molar-refractivity contribution is 7.51. The van der Waals surface area contributed by atoms with Gasteiger partial charge in [-0.3, -0.25) is 4.41 Å². The van der Waals surface area contributed by atoms with Crippen molar-refractivity contribution in [2.75, 3.05) is 0 Å². The zero-order valence-corrected chi connectivity index (χ0v) is 9.60. The minimum absolute atomic E-state index is 0.116. The van der Waals surface area contributed by atoms with Gasteiger partial charge in [0.05, 0.1) is 6.07 Å². The van der Waals surface area contributed by atoms with Gasteiger partial charge in [0, 0.05) is 5.57 Å². The summed E-state index contributed by atoms with van der Waals surface area (Å²) in [7, 11) is 0. The minimum Gasteiger partial charge on any atom is -0.456 e. The lowest BCUT2D eigenvalue weighted by Gasteiger charge is -2.24. The molecule has 0 radical (unpaired) electrons. The Morgan fingerprint density at radius 2 is 2.31 bits per heavy atom. The highest BCUT2D eigenvalue weighted by Gasteiger charge is 2.39. The van der Waals surface area contributed by atoms with Gasteiger partial charge in [-0.1, -0.05) is 5.10 Å². The van der Waals surface area contributed by atoms with E-state index in [4.69, 9.17) is 12.8 Å². The number of rotatable bonds is 0. The first-order valence-corrected chi connectivity index (χ1v) is 5.93. The van der Waals surface area contributed by atoms with E-state index in [2.05, 4.69) is 16.5 Å². The summed E-state index contributed by atoms with van der Waals surface area (Å²) in [5.74, 6) is -0.116. The predicted octanol–water partition coefficient (Wildman–Crippen LogP) is 0.115. The van der Waals surface area contributed by atoms with Crippen LogP contribution in [0.4, 0.5) is 0 Å². The number of quaternary nitrogens is 1. The summed E-state index contributed by atoms with van der Waals surface area (Å²) in [6, 6.07) is 2.38. The van der Waals surface area contributed by atoms with Crippen LogP contribution >= 0.6 is 0 Å². The van der Waals surface area contributed by atoms with Crippen molar-refractivity contribution >= 4 is 19.2 Å². The molecular weight excluding hydrogens is 220 g/mol. The van der Waals surface area contributed by atoms with Crippen LogP contribution in [0.5, 0.6) is 0 Å². The Hall–Kier alpha value is -1.25. The second-order valence-corrected chi connectivity index (χ2v) is 4.66. The van der Waals surface area contributed by atoms with Crippen molar-refractivity contribution < 1.29 is 4.41 Å². The molecule has 0 spiro atoms. The van der Waals surface area contributed by atoms with E-state index >= 15 is 0 Å².